The number of nitrogens with one attached hydrogen (secondary N) is 2. The quantitative estimate of drug-likeness (QED) is 0.291. The van der Waals surface area contributed by atoms with E-state index in [0.717, 1.165) is 29.5 Å². The third kappa shape index (κ3) is 3.70. The monoisotopic (exact) mass is 306 g/mol. The zero-order valence-electron chi connectivity index (χ0n) is 11.8. The van der Waals surface area contributed by atoms with Crippen molar-refractivity contribution < 1.29 is 25.0 Å². The Morgan fingerprint density at radius 1 is 1.41 bits per heavy atom. The van der Waals surface area contributed by atoms with Crippen LogP contribution in [0.1, 0.15) is 29.2 Å². The van der Waals surface area contributed by atoms with Gasteiger partial charge in [-0.15, -0.1) is 0 Å². The van der Waals surface area contributed by atoms with Crippen molar-refractivity contribution in [1.29, 1.82) is 0 Å². The fourth-order valence-corrected chi connectivity index (χ4v) is 2.57. The fourth-order valence-electron chi connectivity index (χ4n) is 2.57. The van der Waals surface area contributed by atoms with Gasteiger partial charge in [-0.2, -0.15) is 0 Å². The van der Waals surface area contributed by atoms with E-state index in [1.54, 1.807) is 6.08 Å². The van der Waals surface area contributed by atoms with Crippen molar-refractivity contribution in [3.8, 4) is 0 Å². The van der Waals surface area contributed by atoms with Crippen LogP contribution in [0.15, 0.2) is 24.3 Å². The van der Waals surface area contributed by atoms with Gasteiger partial charge >= 0.3 is 5.97 Å². The molecule has 1 aromatic carbocycles. The fraction of sp³-hybridized carbons (Fsp3) is 0.333. The maximum absolute atomic E-state index is 11.0. The van der Waals surface area contributed by atoms with Crippen molar-refractivity contribution in [1.82, 2.24) is 10.8 Å². The number of fused-ring (bicyclic) bond motifs is 1. The van der Waals surface area contributed by atoms with E-state index in [1.165, 1.54) is 11.6 Å². The van der Waals surface area contributed by atoms with Gasteiger partial charge in [0.15, 0.2) is 0 Å². The van der Waals surface area contributed by atoms with Gasteiger partial charge in [-0.3, -0.25) is 20.1 Å². The van der Waals surface area contributed by atoms with E-state index >= 15 is 0 Å². The Morgan fingerprint density at radius 3 is 2.82 bits per heavy atom. The van der Waals surface area contributed by atoms with Crippen LogP contribution in [0, 0.1) is 0 Å². The number of rotatable bonds is 6. The van der Waals surface area contributed by atoms with E-state index in [9.17, 15) is 9.59 Å². The van der Waals surface area contributed by atoms with E-state index in [2.05, 4.69) is 5.32 Å². The van der Waals surface area contributed by atoms with Crippen LogP contribution in [-0.4, -0.2) is 39.9 Å². The number of benzene rings is 1. The molecule has 1 aliphatic carbocycles. The largest absolute Gasteiger partial charge is 0.480 e. The molecule has 0 heterocycles. The molecule has 0 bridgehead atoms. The highest BCUT2D eigenvalue weighted by molar-refractivity contribution is 5.90. The van der Waals surface area contributed by atoms with E-state index in [0.29, 0.717) is 0 Å². The molecular weight excluding hydrogens is 288 g/mol. The number of carbonyl (C=O) groups excluding carboxylic acids is 1. The van der Waals surface area contributed by atoms with E-state index < -0.39 is 24.5 Å². The number of aryl methyl sites for hydroxylation is 1. The van der Waals surface area contributed by atoms with Crippen molar-refractivity contribution >= 4 is 18.0 Å². The van der Waals surface area contributed by atoms with Crippen molar-refractivity contribution in [2.75, 3.05) is 6.61 Å². The van der Waals surface area contributed by atoms with Crippen LogP contribution in [0.2, 0.25) is 0 Å². The summed E-state index contributed by atoms with van der Waals surface area (Å²) in [5.74, 6) is -1.68. The molecule has 0 spiro atoms. The van der Waals surface area contributed by atoms with Gasteiger partial charge in [-0.1, -0.05) is 18.2 Å². The Hall–Kier alpha value is -2.22. The maximum atomic E-state index is 11.0. The number of carboxylic acids is 1. The molecule has 1 unspecified atom stereocenters. The van der Waals surface area contributed by atoms with Crippen molar-refractivity contribution in [2.45, 2.75) is 24.9 Å². The summed E-state index contributed by atoms with van der Waals surface area (Å²) in [6.45, 7) is -0.460. The lowest BCUT2D eigenvalue weighted by Crippen LogP contribution is -2.41. The van der Waals surface area contributed by atoms with Gasteiger partial charge in [0, 0.05) is 12.1 Å². The number of hydroxylamine groups is 1. The van der Waals surface area contributed by atoms with Gasteiger partial charge in [0.05, 0.1) is 6.61 Å². The SMILES string of the molecule is O=C(/C=C/c1ccc2c(c1)CCC2N[C@@H](CO)C(=O)O)NO. The number of aliphatic hydroxyl groups is 1. The molecule has 0 saturated carbocycles. The first-order chi connectivity index (χ1) is 10.5. The van der Waals surface area contributed by atoms with Crippen LogP contribution in [-0.2, 0) is 16.0 Å². The standard InChI is InChI=1S/C15H18N2O5/c18-8-13(15(20)21)16-12-5-3-10-7-9(1-4-11(10)12)2-6-14(19)17-22/h1-2,4,6-7,12-13,16,18,22H,3,5,8H2,(H,17,19)(H,20,21)/b6-2+/t12?,13-/m0/s1. The number of aliphatic carboxylic acids is 1. The third-order valence-electron chi connectivity index (χ3n) is 3.67. The minimum atomic E-state index is -1.08. The van der Waals surface area contributed by atoms with Gasteiger partial charge in [0.25, 0.3) is 5.91 Å². The maximum Gasteiger partial charge on any atom is 0.323 e. The smallest absolute Gasteiger partial charge is 0.323 e. The molecule has 0 aromatic heterocycles. The first-order valence-corrected chi connectivity index (χ1v) is 6.90. The van der Waals surface area contributed by atoms with Gasteiger partial charge in [0.2, 0.25) is 0 Å². The summed E-state index contributed by atoms with van der Waals surface area (Å²) in [6, 6.07) is 4.53. The summed E-state index contributed by atoms with van der Waals surface area (Å²) in [4.78, 5) is 21.9. The Morgan fingerprint density at radius 2 is 2.18 bits per heavy atom. The summed E-state index contributed by atoms with van der Waals surface area (Å²) < 4.78 is 0. The number of carbonyl (C=O) groups is 2. The van der Waals surface area contributed by atoms with Gasteiger partial charge in [-0.25, -0.2) is 5.48 Å². The predicted molar refractivity (Wildman–Crippen MR) is 78.1 cm³/mol. The average molecular weight is 306 g/mol. The van der Waals surface area contributed by atoms with Crippen molar-refractivity contribution in [3.63, 3.8) is 0 Å². The zero-order valence-corrected chi connectivity index (χ0v) is 11.8. The summed E-state index contributed by atoms with van der Waals surface area (Å²) in [6.07, 6.45) is 4.35. The minimum absolute atomic E-state index is 0.109. The topological polar surface area (TPSA) is 119 Å². The molecule has 118 valence electrons. The second kappa shape index (κ2) is 7.17. The molecule has 1 aromatic rings. The average Bonchev–Trinajstić information content (AvgIpc) is 2.92. The molecule has 2 atom stereocenters. The first-order valence-electron chi connectivity index (χ1n) is 6.90. The Kier molecular flexibility index (Phi) is 5.26. The Bertz CT molecular complexity index is 600. The van der Waals surface area contributed by atoms with Crippen LogP contribution in [0.5, 0.6) is 0 Å². The highest BCUT2D eigenvalue weighted by Crippen LogP contribution is 2.32. The minimum Gasteiger partial charge on any atom is -0.480 e. The number of carboxylic acid groups (broad SMARTS) is 1. The van der Waals surface area contributed by atoms with Crippen LogP contribution in [0.25, 0.3) is 6.08 Å². The predicted octanol–water partition coefficient (Wildman–Crippen LogP) is 0.228. The second-order valence-corrected chi connectivity index (χ2v) is 5.10. The molecule has 2 rings (SSSR count). The van der Waals surface area contributed by atoms with E-state index in [4.69, 9.17) is 15.4 Å². The lowest BCUT2D eigenvalue weighted by atomic mass is 10.0. The van der Waals surface area contributed by atoms with Gasteiger partial charge in [-0.05, 0) is 35.6 Å². The summed E-state index contributed by atoms with van der Waals surface area (Å²) in [5, 5.41) is 29.4. The van der Waals surface area contributed by atoms with Crippen LogP contribution >= 0.6 is 0 Å². The van der Waals surface area contributed by atoms with Crippen molar-refractivity contribution in [3.05, 3.63) is 41.0 Å². The molecule has 7 heteroatoms. The molecule has 0 radical (unpaired) electrons. The highest BCUT2D eigenvalue weighted by atomic mass is 16.5. The van der Waals surface area contributed by atoms with E-state index in [1.807, 2.05) is 18.2 Å². The number of hydrogen-bond acceptors (Lipinski definition) is 5. The third-order valence-corrected chi connectivity index (χ3v) is 3.67. The zero-order chi connectivity index (χ0) is 16.1. The Balaban J connectivity index is 2.11. The Labute approximate surface area is 127 Å². The lowest BCUT2D eigenvalue weighted by molar-refractivity contribution is -0.140. The molecule has 5 N–H and O–H groups in total. The number of hydrogen-bond donors (Lipinski definition) is 5. The molecule has 22 heavy (non-hydrogen) atoms. The molecule has 7 nitrogen and oxygen atoms in total. The van der Waals surface area contributed by atoms with Crippen molar-refractivity contribution in [2.24, 2.45) is 0 Å². The first kappa shape index (κ1) is 16.2. The van der Waals surface area contributed by atoms with E-state index in [-0.39, 0.29) is 6.04 Å². The lowest BCUT2D eigenvalue weighted by Gasteiger charge is -2.18. The van der Waals surface area contributed by atoms with Gasteiger partial charge < -0.3 is 10.2 Å². The molecule has 1 amide bonds. The summed E-state index contributed by atoms with van der Waals surface area (Å²) in [7, 11) is 0. The molecule has 0 aliphatic heterocycles. The highest BCUT2D eigenvalue weighted by Gasteiger charge is 2.27. The second-order valence-electron chi connectivity index (χ2n) is 5.10. The summed E-state index contributed by atoms with van der Waals surface area (Å²) >= 11 is 0. The summed E-state index contributed by atoms with van der Waals surface area (Å²) in [5.41, 5.74) is 4.42. The van der Waals surface area contributed by atoms with Crippen LogP contribution < -0.4 is 10.8 Å². The molecular formula is C15H18N2O5. The normalized spacial score (nSPS) is 18.2. The van der Waals surface area contributed by atoms with Crippen LogP contribution in [0.3, 0.4) is 0 Å². The molecule has 0 saturated heterocycles. The molecule has 0 fully saturated rings. The number of amides is 1. The van der Waals surface area contributed by atoms with Gasteiger partial charge in [0.1, 0.15) is 6.04 Å². The van der Waals surface area contributed by atoms with Crippen LogP contribution in [0.4, 0.5) is 0 Å². The molecule has 1 aliphatic rings. The number of aliphatic hydroxyl groups excluding tert-OH is 1.